The number of hydrogen-bond donors (Lipinski definition) is 1. The summed E-state index contributed by atoms with van der Waals surface area (Å²) in [7, 11) is 1.28. The molecule has 1 heterocycles. The van der Waals surface area contributed by atoms with E-state index < -0.39 is 11.9 Å². The monoisotopic (exact) mass is 344 g/mol. The lowest BCUT2D eigenvalue weighted by atomic mass is 9.99. The van der Waals surface area contributed by atoms with E-state index in [0.717, 1.165) is 18.5 Å². The fourth-order valence-corrected chi connectivity index (χ4v) is 2.46. The van der Waals surface area contributed by atoms with E-state index >= 15 is 0 Å². The minimum atomic E-state index is -0.537. The maximum absolute atomic E-state index is 12.0. The zero-order valence-electron chi connectivity index (χ0n) is 13.5. The first-order valence-electron chi connectivity index (χ1n) is 7.67. The van der Waals surface area contributed by atoms with Gasteiger partial charge in [0.25, 0.3) is 5.91 Å². The Morgan fingerprint density at radius 1 is 1.28 bits per heavy atom. The number of oxime groups is 1. The van der Waals surface area contributed by atoms with Gasteiger partial charge in [0.05, 0.1) is 18.4 Å². The van der Waals surface area contributed by atoms with Gasteiger partial charge in [-0.25, -0.2) is 9.42 Å². The summed E-state index contributed by atoms with van der Waals surface area (Å²) in [4.78, 5) is 28.8. The average Bonchev–Trinajstić information content (AvgIpc) is 3.11. The Kier molecular flexibility index (Phi) is 5.03. The second-order valence-electron chi connectivity index (χ2n) is 5.31. The number of nitrogens with zero attached hydrogens (tertiary/aromatic N) is 3. The van der Waals surface area contributed by atoms with Crippen molar-refractivity contribution in [2.45, 2.75) is 19.3 Å². The van der Waals surface area contributed by atoms with Crippen molar-refractivity contribution in [1.29, 1.82) is 0 Å². The van der Waals surface area contributed by atoms with Gasteiger partial charge in [-0.05, 0) is 36.6 Å². The number of nitrogens with one attached hydrogen (secondary N) is 1. The van der Waals surface area contributed by atoms with Crippen LogP contribution in [0.3, 0.4) is 0 Å². The number of benzene rings is 1. The van der Waals surface area contributed by atoms with E-state index in [2.05, 4.69) is 25.5 Å². The van der Waals surface area contributed by atoms with Gasteiger partial charge in [0.15, 0.2) is 12.3 Å². The molecule has 0 radical (unpaired) electrons. The summed E-state index contributed by atoms with van der Waals surface area (Å²) in [5, 5.41) is 14.1. The van der Waals surface area contributed by atoms with Gasteiger partial charge in [0.1, 0.15) is 11.4 Å². The van der Waals surface area contributed by atoms with Gasteiger partial charge in [-0.2, -0.15) is 0 Å². The van der Waals surface area contributed by atoms with Gasteiger partial charge in [-0.3, -0.25) is 4.79 Å². The third-order valence-electron chi connectivity index (χ3n) is 3.63. The van der Waals surface area contributed by atoms with Crippen molar-refractivity contribution in [2.75, 3.05) is 19.0 Å². The Balaban J connectivity index is 1.60. The highest BCUT2D eigenvalue weighted by atomic mass is 16.6. The van der Waals surface area contributed by atoms with Crippen LogP contribution in [-0.4, -0.2) is 41.6 Å². The molecule has 130 valence electrons. The van der Waals surface area contributed by atoms with Crippen LogP contribution in [0.2, 0.25) is 0 Å². The normalized spacial score (nSPS) is 14.7. The number of hydrogen-bond acceptors (Lipinski definition) is 8. The number of aromatic nitrogens is 2. The predicted molar refractivity (Wildman–Crippen MR) is 86.1 cm³/mol. The second-order valence-corrected chi connectivity index (χ2v) is 5.31. The summed E-state index contributed by atoms with van der Waals surface area (Å²) < 4.78 is 9.37. The molecule has 0 bridgehead atoms. The van der Waals surface area contributed by atoms with Crippen molar-refractivity contribution < 1.29 is 23.8 Å². The average molecular weight is 344 g/mol. The first-order chi connectivity index (χ1) is 12.2. The molecular formula is C16H16N4O5. The van der Waals surface area contributed by atoms with Gasteiger partial charge < -0.3 is 14.9 Å². The van der Waals surface area contributed by atoms with E-state index in [1.165, 1.54) is 7.11 Å². The molecule has 9 nitrogen and oxygen atoms in total. The Hall–Kier alpha value is -3.23. The molecule has 0 spiro atoms. The van der Waals surface area contributed by atoms with Crippen LogP contribution in [0.15, 0.2) is 34.1 Å². The summed E-state index contributed by atoms with van der Waals surface area (Å²) >= 11 is 0. The van der Waals surface area contributed by atoms with E-state index in [9.17, 15) is 9.59 Å². The van der Waals surface area contributed by atoms with Crippen LogP contribution >= 0.6 is 0 Å². The maximum Gasteiger partial charge on any atom is 0.339 e. The molecule has 1 aliphatic rings. The lowest BCUT2D eigenvalue weighted by Gasteiger charge is -2.10. The molecule has 0 fully saturated rings. The number of ether oxygens (including phenoxy) is 1. The van der Waals surface area contributed by atoms with E-state index in [0.29, 0.717) is 23.5 Å². The topological polar surface area (TPSA) is 116 Å². The van der Waals surface area contributed by atoms with E-state index in [1.54, 1.807) is 24.3 Å². The van der Waals surface area contributed by atoms with Crippen molar-refractivity contribution in [2.24, 2.45) is 5.16 Å². The van der Waals surface area contributed by atoms with Crippen LogP contribution in [0.5, 0.6) is 0 Å². The number of esters is 1. The lowest BCUT2D eigenvalue weighted by molar-refractivity contribution is -0.120. The molecule has 0 atom stereocenters. The highest BCUT2D eigenvalue weighted by Gasteiger charge is 2.22. The Labute approximate surface area is 142 Å². The van der Waals surface area contributed by atoms with Crippen LogP contribution < -0.4 is 5.32 Å². The number of fused-ring (bicyclic) bond motifs is 1. The molecule has 0 unspecified atom stereocenters. The van der Waals surface area contributed by atoms with E-state index in [-0.39, 0.29) is 12.2 Å². The van der Waals surface area contributed by atoms with Gasteiger partial charge in [-0.15, -0.1) is 0 Å². The molecule has 1 aliphatic carbocycles. The number of amides is 1. The molecule has 0 saturated carbocycles. The highest BCUT2D eigenvalue weighted by Crippen LogP contribution is 2.18. The minimum Gasteiger partial charge on any atom is -0.465 e. The zero-order valence-corrected chi connectivity index (χ0v) is 13.5. The number of para-hydroxylation sites is 1. The van der Waals surface area contributed by atoms with Crippen molar-refractivity contribution >= 4 is 23.3 Å². The minimum absolute atomic E-state index is 0.259. The molecule has 0 aliphatic heterocycles. The van der Waals surface area contributed by atoms with Gasteiger partial charge in [0, 0.05) is 0 Å². The van der Waals surface area contributed by atoms with Crippen molar-refractivity contribution in [1.82, 2.24) is 10.3 Å². The number of methoxy groups -OCH3 is 1. The van der Waals surface area contributed by atoms with Gasteiger partial charge >= 0.3 is 5.97 Å². The smallest absolute Gasteiger partial charge is 0.339 e. The van der Waals surface area contributed by atoms with Crippen molar-refractivity contribution in [3.8, 4) is 0 Å². The first-order valence-corrected chi connectivity index (χ1v) is 7.67. The third kappa shape index (κ3) is 3.82. The summed E-state index contributed by atoms with van der Waals surface area (Å²) in [6.07, 6.45) is 2.32. The third-order valence-corrected chi connectivity index (χ3v) is 3.63. The van der Waals surface area contributed by atoms with E-state index in [4.69, 9.17) is 9.47 Å². The SMILES string of the molecule is COC(=O)c1ccccc1NC(=O)CON=C1CCCc2nonc21. The van der Waals surface area contributed by atoms with Gasteiger partial charge in [0.2, 0.25) is 0 Å². The van der Waals surface area contributed by atoms with E-state index in [1.807, 2.05) is 0 Å². The van der Waals surface area contributed by atoms with Crippen LogP contribution in [0.25, 0.3) is 0 Å². The number of anilines is 1. The van der Waals surface area contributed by atoms with Crippen LogP contribution in [-0.2, 0) is 20.8 Å². The maximum atomic E-state index is 12.0. The number of aryl methyl sites for hydroxylation is 1. The second kappa shape index (κ2) is 7.56. The molecule has 0 saturated heterocycles. The Bertz CT molecular complexity index is 814. The Morgan fingerprint density at radius 2 is 2.12 bits per heavy atom. The van der Waals surface area contributed by atoms with Crippen molar-refractivity contribution in [3.63, 3.8) is 0 Å². The molecule has 1 aromatic heterocycles. The zero-order chi connectivity index (χ0) is 17.6. The summed E-state index contributed by atoms with van der Waals surface area (Å²) in [5.74, 6) is -0.986. The molecule has 25 heavy (non-hydrogen) atoms. The van der Waals surface area contributed by atoms with Crippen molar-refractivity contribution in [3.05, 3.63) is 41.2 Å². The standard InChI is InChI=1S/C16H16N4O5/c1-23-16(22)10-5-2-3-6-11(10)17-14(21)9-24-18-12-7-4-8-13-15(12)20-25-19-13/h2-3,5-6H,4,7-9H2,1H3,(H,17,21). The van der Waals surface area contributed by atoms with Crippen LogP contribution in [0, 0.1) is 0 Å². The Morgan fingerprint density at radius 3 is 2.96 bits per heavy atom. The van der Waals surface area contributed by atoms with Crippen LogP contribution in [0.4, 0.5) is 5.69 Å². The number of carbonyl (C=O) groups is 2. The predicted octanol–water partition coefficient (Wildman–Crippen LogP) is 1.55. The van der Waals surface area contributed by atoms with Crippen LogP contribution in [0.1, 0.15) is 34.6 Å². The number of carbonyl (C=O) groups excluding carboxylic acids is 2. The van der Waals surface area contributed by atoms with Gasteiger partial charge in [-0.1, -0.05) is 22.4 Å². The molecule has 1 aromatic carbocycles. The molecule has 1 N–H and O–H groups in total. The quantitative estimate of drug-likeness (QED) is 0.646. The summed E-state index contributed by atoms with van der Waals surface area (Å²) in [6.45, 7) is -0.306. The summed E-state index contributed by atoms with van der Waals surface area (Å²) in [5.41, 5.74) is 2.52. The first kappa shape index (κ1) is 16.6. The summed E-state index contributed by atoms with van der Waals surface area (Å²) in [6, 6.07) is 6.54. The molecule has 9 heteroatoms. The largest absolute Gasteiger partial charge is 0.465 e. The molecule has 2 aromatic rings. The fourth-order valence-electron chi connectivity index (χ4n) is 2.46. The number of rotatable bonds is 5. The molecule has 1 amide bonds. The molecule has 3 rings (SSSR count). The highest BCUT2D eigenvalue weighted by molar-refractivity contribution is 6.02. The lowest BCUT2D eigenvalue weighted by Crippen LogP contribution is -2.20. The fraction of sp³-hybridized carbons (Fsp3) is 0.312. The molecular weight excluding hydrogens is 328 g/mol.